The third-order valence-electron chi connectivity index (χ3n) is 4.98. The second kappa shape index (κ2) is 2.24. The van der Waals surface area contributed by atoms with Gasteiger partial charge in [0.1, 0.15) is 0 Å². The third kappa shape index (κ3) is 0.592. The van der Waals surface area contributed by atoms with E-state index in [4.69, 9.17) is 0 Å². The van der Waals surface area contributed by atoms with Crippen LogP contribution in [0.15, 0.2) is 48.5 Å². The number of hydrogen-bond acceptors (Lipinski definition) is 0. The molecule has 76 valence electrons. The van der Waals surface area contributed by atoms with Gasteiger partial charge in [-0.25, -0.2) is 0 Å². The lowest BCUT2D eigenvalue weighted by Gasteiger charge is -2.66. The van der Waals surface area contributed by atoms with E-state index in [0.717, 1.165) is 23.7 Å². The first-order valence-electron chi connectivity index (χ1n) is 6.14. The van der Waals surface area contributed by atoms with Gasteiger partial charge in [0.25, 0.3) is 0 Å². The molecule has 0 N–H and O–H groups in total. The van der Waals surface area contributed by atoms with Crippen LogP contribution in [0.25, 0.3) is 0 Å². The van der Waals surface area contributed by atoms with Crippen molar-refractivity contribution >= 4 is 0 Å². The van der Waals surface area contributed by atoms with Gasteiger partial charge in [-0.05, 0) is 45.9 Å². The highest BCUT2D eigenvalue weighted by Crippen LogP contribution is 2.78. The van der Waals surface area contributed by atoms with Crippen molar-refractivity contribution in [1.29, 1.82) is 0 Å². The standard InChI is InChI=1S/C16H12/c1-2-6-10-9(5-1)13-14(10)16-12-8-4-3-7-11(12)15(13)16/h1-8,13-16H. The topological polar surface area (TPSA) is 0 Å². The second-order valence-corrected chi connectivity index (χ2v) is 5.36. The fourth-order valence-corrected chi connectivity index (χ4v) is 4.34. The van der Waals surface area contributed by atoms with Crippen LogP contribution >= 0.6 is 0 Å². The Kier molecular flexibility index (Phi) is 1.08. The first-order valence-corrected chi connectivity index (χ1v) is 6.14. The number of hydrogen-bond donors (Lipinski definition) is 0. The van der Waals surface area contributed by atoms with Crippen molar-refractivity contribution in [2.45, 2.75) is 23.7 Å². The summed E-state index contributed by atoms with van der Waals surface area (Å²) in [6.07, 6.45) is 0. The SMILES string of the molecule is c1ccc2c(c1)C1C2C2c3ccccc3C12. The molecule has 2 aromatic rings. The van der Waals surface area contributed by atoms with Gasteiger partial charge in [-0.3, -0.25) is 0 Å². The molecule has 0 heterocycles. The van der Waals surface area contributed by atoms with Crippen LogP contribution in [0.5, 0.6) is 0 Å². The van der Waals surface area contributed by atoms with Crippen molar-refractivity contribution in [3.63, 3.8) is 0 Å². The molecule has 0 heteroatoms. The van der Waals surface area contributed by atoms with E-state index in [2.05, 4.69) is 48.5 Å². The molecule has 3 aliphatic carbocycles. The van der Waals surface area contributed by atoms with Gasteiger partial charge in [-0.2, -0.15) is 0 Å². The molecule has 0 spiro atoms. The quantitative estimate of drug-likeness (QED) is 0.613. The Labute approximate surface area is 94.9 Å². The van der Waals surface area contributed by atoms with Gasteiger partial charge >= 0.3 is 0 Å². The first-order chi connectivity index (χ1) is 7.97. The summed E-state index contributed by atoms with van der Waals surface area (Å²) in [7, 11) is 0. The van der Waals surface area contributed by atoms with Gasteiger partial charge in [-0.1, -0.05) is 48.5 Å². The molecule has 0 aromatic heterocycles. The molecule has 3 aliphatic rings. The minimum absolute atomic E-state index is 0.857. The molecule has 16 heavy (non-hydrogen) atoms. The van der Waals surface area contributed by atoms with Crippen LogP contribution in [-0.4, -0.2) is 0 Å². The average Bonchev–Trinajstić information content (AvgIpc) is 2.30. The van der Waals surface area contributed by atoms with E-state index in [1.54, 1.807) is 22.3 Å². The summed E-state index contributed by atoms with van der Waals surface area (Å²) in [5, 5.41) is 0. The monoisotopic (exact) mass is 204 g/mol. The van der Waals surface area contributed by atoms with Crippen LogP contribution < -0.4 is 0 Å². The summed E-state index contributed by atoms with van der Waals surface area (Å²) in [4.78, 5) is 0. The number of fused-ring (bicyclic) bond motifs is 10. The van der Waals surface area contributed by atoms with Crippen molar-refractivity contribution in [2.75, 3.05) is 0 Å². The molecule has 0 aliphatic heterocycles. The molecule has 0 amide bonds. The second-order valence-electron chi connectivity index (χ2n) is 5.36. The molecule has 1 saturated carbocycles. The predicted octanol–water partition coefficient (Wildman–Crippen LogP) is 3.76. The van der Waals surface area contributed by atoms with Crippen LogP contribution in [-0.2, 0) is 0 Å². The Morgan fingerprint density at radius 1 is 0.438 bits per heavy atom. The van der Waals surface area contributed by atoms with Crippen molar-refractivity contribution in [3.8, 4) is 0 Å². The van der Waals surface area contributed by atoms with E-state index in [0.29, 0.717) is 0 Å². The van der Waals surface area contributed by atoms with E-state index < -0.39 is 0 Å². The lowest BCUT2D eigenvalue weighted by molar-refractivity contribution is 0.152. The molecule has 0 unspecified atom stereocenters. The van der Waals surface area contributed by atoms with Crippen molar-refractivity contribution in [2.24, 2.45) is 0 Å². The zero-order chi connectivity index (χ0) is 10.3. The minimum Gasteiger partial charge on any atom is -0.0620 e. The van der Waals surface area contributed by atoms with E-state index in [1.807, 2.05) is 0 Å². The molecule has 1 fully saturated rings. The third-order valence-corrected chi connectivity index (χ3v) is 4.98. The molecular formula is C16H12. The van der Waals surface area contributed by atoms with E-state index in [-0.39, 0.29) is 0 Å². The van der Waals surface area contributed by atoms with E-state index >= 15 is 0 Å². The Morgan fingerprint density at radius 2 is 0.688 bits per heavy atom. The van der Waals surface area contributed by atoms with Crippen LogP contribution in [0.3, 0.4) is 0 Å². The van der Waals surface area contributed by atoms with Gasteiger partial charge in [0, 0.05) is 0 Å². The molecule has 0 radical (unpaired) electrons. The summed E-state index contributed by atoms with van der Waals surface area (Å²) in [5.74, 6) is 3.43. The van der Waals surface area contributed by atoms with Gasteiger partial charge in [0.05, 0.1) is 0 Å². The van der Waals surface area contributed by atoms with E-state index in [9.17, 15) is 0 Å². The maximum atomic E-state index is 2.33. The maximum Gasteiger partial charge on any atom is -0.000900 e. The normalized spacial score (nSPS) is 35.5. The summed E-state index contributed by atoms with van der Waals surface area (Å²) >= 11 is 0. The Morgan fingerprint density at radius 3 is 0.938 bits per heavy atom. The number of rotatable bonds is 0. The van der Waals surface area contributed by atoms with Crippen molar-refractivity contribution in [3.05, 3.63) is 70.8 Å². The van der Waals surface area contributed by atoms with Crippen LogP contribution in [0.1, 0.15) is 45.9 Å². The Bertz CT molecular complexity index is 493. The van der Waals surface area contributed by atoms with Crippen LogP contribution in [0.4, 0.5) is 0 Å². The predicted molar refractivity (Wildman–Crippen MR) is 63.8 cm³/mol. The minimum atomic E-state index is 0.857. The highest BCUT2D eigenvalue weighted by Gasteiger charge is 2.64. The average molecular weight is 204 g/mol. The molecule has 5 rings (SSSR count). The smallest absolute Gasteiger partial charge is 0.000900 e. The van der Waals surface area contributed by atoms with Crippen molar-refractivity contribution in [1.82, 2.24) is 0 Å². The Balaban J connectivity index is 1.69. The summed E-state index contributed by atoms with van der Waals surface area (Å²) in [6, 6.07) is 18.1. The van der Waals surface area contributed by atoms with Crippen LogP contribution in [0, 0.1) is 0 Å². The summed E-state index contributed by atoms with van der Waals surface area (Å²) in [6.45, 7) is 0. The first kappa shape index (κ1) is 7.67. The van der Waals surface area contributed by atoms with Gasteiger partial charge in [-0.15, -0.1) is 0 Å². The summed E-state index contributed by atoms with van der Waals surface area (Å²) < 4.78 is 0. The maximum absolute atomic E-state index is 2.33. The number of benzene rings is 2. The molecule has 0 saturated heterocycles. The van der Waals surface area contributed by atoms with Crippen LogP contribution in [0.2, 0.25) is 0 Å². The molecular weight excluding hydrogens is 192 g/mol. The highest BCUT2D eigenvalue weighted by molar-refractivity contribution is 5.65. The summed E-state index contributed by atoms with van der Waals surface area (Å²) in [5.41, 5.74) is 6.51. The molecule has 0 bridgehead atoms. The highest BCUT2D eigenvalue weighted by atomic mass is 14.7. The fourth-order valence-electron chi connectivity index (χ4n) is 4.34. The van der Waals surface area contributed by atoms with Gasteiger partial charge in [0.2, 0.25) is 0 Å². The fraction of sp³-hybridized carbons (Fsp3) is 0.250. The van der Waals surface area contributed by atoms with Gasteiger partial charge in [0.15, 0.2) is 0 Å². The van der Waals surface area contributed by atoms with E-state index in [1.165, 1.54) is 0 Å². The largest absolute Gasteiger partial charge is 0.0620 e. The zero-order valence-corrected chi connectivity index (χ0v) is 8.93. The molecule has 2 aromatic carbocycles. The lowest BCUT2D eigenvalue weighted by atomic mass is 9.36. The Hall–Kier alpha value is -1.56. The zero-order valence-electron chi connectivity index (χ0n) is 8.93. The molecule has 0 atom stereocenters. The lowest BCUT2D eigenvalue weighted by Crippen LogP contribution is -2.52. The van der Waals surface area contributed by atoms with Gasteiger partial charge < -0.3 is 0 Å². The molecule has 0 nitrogen and oxygen atoms in total. The van der Waals surface area contributed by atoms with Crippen molar-refractivity contribution < 1.29 is 0 Å².